The van der Waals surface area contributed by atoms with Gasteiger partial charge in [-0.25, -0.2) is 0 Å². The Labute approximate surface area is 195 Å². The maximum atomic E-state index is 13.3. The molecule has 0 unspecified atom stereocenters. The molecule has 31 heavy (non-hydrogen) atoms. The number of amides is 2. The van der Waals surface area contributed by atoms with E-state index in [1.165, 1.54) is 5.56 Å². The van der Waals surface area contributed by atoms with Gasteiger partial charge in [-0.05, 0) is 41.5 Å². The van der Waals surface area contributed by atoms with Crippen molar-refractivity contribution in [1.29, 1.82) is 0 Å². The van der Waals surface area contributed by atoms with Crippen molar-refractivity contribution in [2.24, 2.45) is 0 Å². The van der Waals surface area contributed by atoms with Crippen LogP contribution in [0.5, 0.6) is 0 Å². The van der Waals surface area contributed by atoms with Gasteiger partial charge in [-0.15, -0.1) is 0 Å². The Kier molecular flexibility index (Phi) is 8.96. The molecule has 6 heteroatoms. The lowest BCUT2D eigenvalue weighted by Crippen LogP contribution is -2.48. The van der Waals surface area contributed by atoms with Crippen LogP contribution in [0.15, 0.2) is 42.5 Å². The Morgan fingerprint density at radius 3 is 2.10 bits per heavy atom. The van der Waals surface area contributed by atoms with Crippen LogP contribution in [-0.2, 0) is 28.0 Å². The van der Waals surface area contributed by atoms with Gasteiger partial charge in [-0.2, -0.15) is 0 Å². The highest BCUT2D eigenvalue weighted by Gasteiger charge is 2.29. The third-order valence-electron chi connectivity index (χ3n) is 5.47. The highest BCUT2D eigenvalue weighted by Crippen LogP contribution is 2.27. The van der Waals surface area contributed by atoms with Gasteiger partial charge >= 0.3 is 0 Å². The molecule has 0 spiro atoms. The summed E-state index contributed by atoms with van der Waals surface area (Å²) in [6.45, 7) is 8.60. The molecule has 1 atom stereocenters. The number of rotatable bonds is 8. The van der Waals surface area contributed by atoms with Crippen molar-refractivity contribution in [3.05, 3.63) is 69.2 Å². The lowest BCUT2D eigenvalue weighted by atomic mass is 9.86. The highest BCUT2D eigenvalue weighted by atomic mass is 35.5. The van der Waals surface area contributed by atoms with E-state index in [1.807, 2.05) is 6.92 Å². The van der Waals surface area contributed by atoms with Crippen LogP contribution in [0.2, 0.25) is 10.0 Å². The van der Waals surface area contributed by atoms with Crippen molar-refractivity contribution in [3.63, 3.8) is 0 Å². The lowest BCUT2D eigenvalue weighted by molar-refractivity contribution is -0.141. The molecule has 0 aliphatic carbocycles. The molecule has 2 aromatic rings. The monoisotopic (exact) mass is 462 g/mol. The predicted octanol–water partition coefficient (Wildman–Crippen LogP) is 5.78. The number of hydrogen-bond donors (Lipinski definition) is 1. The molecule has 4 nitrogen and oxygen atoms in total. The molecule has 0 radical (unpaired) electrons. The van der Waals surface area contributed by atoms with E-state index in [1.54, 1.807) is 30.1 Å². The smallest absolute Gasteiger partial charge is 0.242 e. The number of halogens is 2. The summed E-state index contributed by atoms with van der Waals surface area (Å²) in [4.78, 5) is 27.3. The van der Waals surface area contributed by atoms with Crippen molar-refractivity contribution in [1.82, 2.24) is 10.2 Å². The van der Waals surface area contributed by atoms with Gasteiger partial charge in [0.1, 0.15) is 6.04 Å². The summed E-state index contributed by atoms with van der Waals surface area (Å²) in [5.74, 6) is -0.306. The lowest BCUT2D eigenvalue weighted by Gasteiger charge is -2.31. The predicted molar refractivity (Wildman–Crippen MR) is 129 cm³/mol. The number of aryl methyl sites for hydroxylation is 1. The molecule has 1 N–H and O–H groups in total. The Morgan fingerprint density at radius 2 is 1.61 bits per heavy atom. The van der Waals surface area contributed by atoms with E-state index in [0.717, 1.165) is 5.56 Å². The van der Waals surface area contributed by atoms with E-state index in [-0.39, 0.29) is 23.8 Å². The van der Waals surface area contributed by atoms with E-state index in [0.29, 0.717) is 34.9 Å². The van der Waals surface area contributed by atoms with Crippen LogP contribution in [-0.4, -0.2) is 29.8 Å². The average molecular weight is 463 g/mol. The second-order valence-corrected chi connectivity index (χ2v) is 9.52. The summed E-state index contributed by atoms with van der Waals surface area (Å²) in [5, 5.41) is 3.62. The minimum absolute atomic E-state index is 0.0846. The van der Waals surface area contributed by atoms with Crippen molar-refractivity contribution < 1.29 is 9.59 Å². The molecular formula is C25H32Cl2N2O2. The summed E-state index contributed by atoms with van der Waals surface area (Å²) in [6.07, 6.45) is 1.39. The van der Waals surface area contributed by atoms with Crippen LogP contribution in [0.3, 0.4) is 0 Å². The van der Waals surface area contributed by atoms with E-state index in [2.05, 4.69) is 50.4 Å². The first kappa shape index (κ1) is 25.2. The van der Waals surface area contributed by atoms with Crippen molar-refractivity contribution >= 4 is 35.0 Å². The van der Waals surface area contributed by atoms with Gasteiger partial charge in [0.05, 0.1) is 0 Å². The Morgan fingerprint density at radius 1 is 1.03 bits per heavy atom. The number of hydrogen-bond acceptors (Lipinski definition) is 2. The summed E-state index contributed by atoms with van der Waals surface area (Å²) in [6, 6.07) is 13.0. The fraction of sp³-hybridized carbons (Fsp3) is 0.440. The minimum Gasteiger partial charge on any atom is -0.357 e. The summed E-state index contributed by atoms with van der Waals surface area (Å²) in [5.41, 5.74) is 3.07. The van der Waals surface area contributed by atoms with Gasteiger partial charge < -0.3 is 10.2 Å². The molecular weight excluding hydrogens is 431 g/mol. The van der Waals surface area contributed by atoms with E-state index >= 15 is 0 Å². The Hall–Kier alpha value is -2.04. The van der Waals surface area contributed by atoms with Crippen molar-refractivity contribution in [3.8, 4) is 0 Å². The zero-order valence-electron chi connectivity index (χ0n) is 19.0. The molecule has 2 amide bonds. The second kappa shape index (κ2) is 11.0. The number of likely N-dealkylation sites (N-methyl/N-ethyl adjacent to an activating group) is 1. The standard InChI is InChI=1S/C25H32Cl2N2O2/c1-6-22(24(31)28-5)29(16-19-20(26)8-7-9-21(19)27)23(30)15-12-17-10-13-18(14-11-17)25(2,3)4/h7-11,13-14,22H,6,12,15-16H2,1-5H3,(H,28,31)/t22-/m0/s1. The molecule has 0 saturated carbocycles. The average Bonchev–Trinajstić information content (AvgIpc) is 2.73. The number of nitrogens with one attached hydrogen (secondary N) is 1. The normalized spacial score (nSPS) is 12.4. The van der Waals surface area contributed by atoms with E-state index in [4.69, 9.17) is 23.2 Å². The molecule has 0 saturated heterocycles. The van der Waals surface area contributed by atoms with Crippen LogP contribution in [0.25, 0.3) is 0 Å². The Balaban J connectivity index is 2.22. The van der Waals surface area contributed by atoms with Gasteiger partial charge in [0.2, 0.25) is 11.8 Å². The fourth-order valence-electron chi connectivity index (χ4n) is 3.51. The largest absolute Gasteiger partial charge is 0.357 e. The zero-order chi connectivity index (χ0) is 23.2. The molecule has 168 valence electrons. The topological polar surface area (TPSA) is 49.4 Å². The van der Waals surface area contributed by atoms with Crippen molar-refractivity contribution in [2.75, 3.05) is 7.05 Å². The first-order valence-electron chi connectivity index (χ1n) is 10.6. The van der Waals surface area contributed by atoms with Gasteiger partial charge in [0.15, 0.2) is 0 Å². The molecule has 0 bridgehead atoms. The third kappa shape index (κ3) is 6.72. The quantitative estimate of drug-likeness (QED) is 0.540. The van der Waals surface area contributed by atoms with Gasteiger partial charge in [-0.3, -0.25) is 9.59 Å². The number of benzene rings is 2. The van der Waals surface area contributed by atoms with Crippen molar-refractivity contribution in [2.45, 2.75) is 65.0 Å². The zero-order valence-corrected chi connectivity index (χ0v) is 20.5. The van der Waals surface area contributed by atoms with Crippen LogP contribution in [0.4, 0.5) is 0 Å². The van der Waals surface area contributed by atoms with Gasteiger partial charge in [0.25, 0.3) is 0 Å². The van der Waals surface area contributed by atoms with Crippen LogP contribution in [0, 0.1) is 0 Å². The minimum atomic E-state index is -0.590. The molecule has 0 aliphatic heterocycles. The first-order chi connectivity index (χ1) is 14.6. The third-order valence-corrected chi connectivity index (χ3v) is 6.18. The maximum absolute atomic E-state index is 13.3. The fourth-order valence-corrected chi connectivity index (χ4v) is 4.02. The summed E-state index contributed by atoms with van der Waals surface area (Å²) in [7, 11) is 1.58. The molecule has 2 rings (SSSR count). The molecule has 2 aromatic carbocycles. The first-order valence-corrected chi connectivity index (χ1v) is 11.4. The molecule has 0 fully saturated rings. The van der Waals surface area contributed by atoms with E-state index < -0.39 is 6.04 Å². The Bertz CT molecular complexity index is 884. The van der Waals surface area contributed by atoms with Gasteiger partial charge in [0, 0.05) is 35.6 Å². The number of nitrogens with zero attached hydrogens (tertiary/aromatic N) is 1. The highest BCUT2D eigenvalue weighted by molar-refractivity contribution is 6.36. The SMILES string of the molecule is CC[C@@H](C(=O)NC)N(Cc1c(Cl)cccc1Cl)C(=O)CCc1ccc(C(C)(C)C)cc1. The van der Waals surface area contributed by atoms with Crippen LogP contribution in [0.1, 0.15) is 57.2 Å². The number of carbonyl (C=O) groups is 2. The van der Waals surface area contributed by atoms with Gasteiger partial charge in [-0.1, -0.05) is 81.2 Å². The van der Waals surface area contributed by atoms with E-state index in [9.17, 15) is 9.59 Å². The second-order valence-electron chi connectivity index (χ2n) is 8.71. The maximum Gasteiger partial charge on any atom is 0.242 e. The molecule has 0 aromatic heterocycles. The molecule has 0 aliphatic rings. The summed E-state index contributed by atoms with van der Waals surface area (Å²) >= 11 is 12.7. The van der Waals surface area contributed by atoms with Crippen LogP contribution < -0.4 is 5.32 Å². The molecule has 0 heterocycles. The number of carbonyl (C=O) groups excluding carboxylic acids is 2. The summed E-state index contributed by atoms with van der Waals surface area (Å²) < 4.78 is 0. The van der Waals surface area contributed by atoms with Crippen LogP contribution >= 0.6 is 23.2 Å².